The predicted molar refractivity (Wildman–Crippen MR) is 43.3 cm³/mol. The molecule has 0 N–H and O–H groups in total. The first-order valence-electron chi connectivity index (χ1n) is 3.57. The summed E-state index contributed by atoms with van der Waals surface area (Å²) in [6.07, 6.45) is -3.34. The summed E-state index contributed by atoms with van der Waals surface area (Å²) in [5.41, 5.74) is 0.290. The highest BCUT2D eigenvalue weighted by atomic mass is 35.5. The van der Waals surface area contributed by atoms with E-state index >= 15 is 0 Å². The Hall–Kier alpha value is -1.04. The number of nitrogens with zero attached hydrogens (tertiary/aromatic N) is 2. The SMILES string of the molecule is Cc1c(Cl)ncnc1OCC(F)(F)F. The summed E-state index contributed by atoms with van der Waals surface area (Å²) in [6, 6.07) is 0. The standard InChI is InChI=1S/C7H6ClF3N2O/c1-4-5(8)12-3-13-6(4)14-2-7(9,10)11/h3H,2H2,1H3. The van der Waals surface area contributed by atoms with Crippen molar-refractivity contribution >= 4 is 11.6 Å². The molecular formula is C7H6ClF3N2O. The van der Waals surface area contributed by atoms with Gasteiger partial charge in [0, 0.05) is 5.56 Å². The van der Waals surface area contributed by atoms with Crippen LogP contribution in [0.4, 0.5) is 13.2 Å². The van der Waals surface area contributed by atoms with Crippen LogP contribution >= 0.6 is 11.6 Å². The van der Waals surface area contributed by atoms with E-state index in [1.165, 1.54) is 6.92 Å². The Morgan fingerprint density at radius 2 is 2.07 bits per heavy atom. The second-order valence-electron chi connectivity index (χ2n) is 2.50. The first-order valence-corrected chi connectivity index (χ1v) is 3.94. The van der Waals surface area contributed by atoms with Crippen molar-refractivity contribution in [3.63, 3.8) is 0 Å². The van der Waals surface area contributed by atoms with Crippen LogP contribution in [0.1, 0.15) is 5.56 Å². The highest BCUT2D eigenvalue weighted by Gasteiger charge is 2.29. The largest absolute Gasteiger partial charge is 0.468 e. The molecule has 0 aromatic carbocycles. The van der Waals surface area contributed by atoms with Gasteiger partial charge in [0.25, 0.3) is 0 Å². The highest BCUT2D eigenvalue weighted by molar-refractivity contribution is 6.30. The summed E-state index contributed by atoms with van der Waals surface area (Å²) >= 11 is 5.55. The number of rotatable bonds is 2. The summed E-state index contributed by atoms with van der Waals surface area (Å²) < 4.78 is 39.7. The molecule has 0 spiro atoms. The molecule has 1 rings (SSSR count). The molecule has 0 saturated carbocycles. The molecule has 0 amide bonds. The molecule has 0 aliphatic heterocycles. The average molecular weight is 227 g/mol. The molecule has 7 heteroatoms. The van der Waals surface area contributed by atoms with Crippen LogP contribution in [-0.2, 0) is 0 Å². The lowest BCUT2D eigenvalue weighted by Gasteiger charge is -2.09. The maximum Gasteiger partial charge on any atom is 0.422 e. The van der Waals surface area contributed by atoms with E-state index in [0.717, 1.165) is 6.33 Å². The van der Waals surface area contributed by atoms with Crippen LogP contribution in [0.5, 0.6) is 5.88 Å². The Labute approximate surface area is 82.9 Å². The summed E-state index contributed by atoms with van der Waals surface area (Å²) in [5, 5.41) is 0.0807. The number of hydrogen-bond donors (Lipinski definition) is 0. The molecule has 78 valence electrons. The molecule has 1 heterocycles. The van der Waals surface area contributed by atoms with Gasteiger partial charge < -0.3 is 4.74 Å². The molecule has 0 saturated heterocycles. The van der Waals surface area contributed by atoms with Crippen molar-refractivity contribution < 1.29 is 17.9 Å². The van der Waals surface area contributed by atoms with Gasteiger partial charge in [-0.25, -0.2) is 9.97 Å². The van der Waals surface area contributed by atoms with E-state index in [2.05, 4.69) is 14.7 Å². The minimum atomic E-state index is -4.39. The van der Waals surface area contributed by atoms with Crippen LogP contribution < -0.4 is 4.74 Å². The first-order chi connectivity index (χ1) is 6.40. The van der Waals surface area contributed by atoms with Crippen LogP contribution in [0.15, 0.2) is 6.33 Å². The number of alkyl halides is 3. The van der Waals surface area contributed by atoms with E-state index in [0.29, 0.717) is 5.56 Å². The van der Waals surface area contributed by atoms with E-state index in [4.69, 9.17) is 11.6 Å². The number of halogens is 4. The zero-order chi connectivity index (χ0) is 10.8. The van der Waals surface area contributed by atoms with Gasteiger partial charge in [0.15, 0.2) is 6.61 Å². The molecule has 0 atom stereocenters. The first kappa shape index (κ1) is 11.0. The lowest BCUT2D eigenvalue weighted by molar-refractivity contribution is -0.154. The van der Waals surface area contributed by atoms with Crippen molar-refractivity contribution in [1.82, 2.24) is 9.97 Å². The molecule has 0 bridgehead atoms. The van der Waals surface area contributed by atoms with E-state index in [1.54, 1.807) is 0 Å². The van der Waals surface area contributed by atoms with Crippen LogP contribution in [0.2, 0.25) is 5.15 Å². The fourth-order valence-corrected chi connectivity index (χ4v) is 0.834. The quantitative estimate of drug-likeness (QED) is 0.727. The molecule has 3 nitrogen and oxygen atoms in total. The van der Waals surface area contributed by atoms with Gasteiger partial charge in [-0.05, 0) is 6.92 Å². The number of aromatic nitrogens is 2. The van der Waals surface area contributed by atoms with Crippen molar-refractivity contribution in [3.8, 4) is 5.88 Å². The second-order valence-corrected chi connectivity index (χ2v) is 2.86. The van der Waals surface area contributed by atoms with Crippen LogP contribution in [-0.4, -0.2) is 22.8 Å². The topological polar surface area (TPSA) is 35.0 Å². The summed E-state index contributed by atoms with van der Waals surface area (Å²) in [5.74, 6) is -0.151. The normalized spacial score (nSPS) is 11.5. The zero-order valence-corrected chi connectivity index (χ0v) is 7.85. The third-order valence-corrected chi connectivity index (χ3v) is 1.73. The number of ether oxygens (including phenoxy) is 1. The van der Waals surface area contributed by atoms with Crippen molar-refractivity contribution in [3.05, 3.63) is 17.0 Å². The minimum Gasteiger partial charge on any atom is -0.468 e. The summed E-state index contributed by atoms with van der Waals surface area (Å²) in [7, 11) is 0. The second kappa shape index (κ2) is 4.00. The van der Waals surface area contributed by atoms with Gasteiger partial charge in [0.05, 0.1) is 0 Å². The maximum absolute atomic E-state index is 11.8. The molecule has 0 radical (unpaired) electrons. The van der Waals surface area contributed by atoms with Crippen molar-refractivity contribution in [1.29, 1.82) is 0 Å². The molecule has 0 aliphatic rings. The fraction of sp³-hybridized carbons (Fsp3) is 0.429. The van der Waals surface area contributed by atoms with Gasteiger partial charge >= 0.3 is 6.18 Å². The predicted octanol–water partition coefficient (Wildman–Crippen LogP) is 2.38. The molecule has 1 aromatic heterocycles. The van der Waals surface area contributed by atoms with Gasteiger partial charge in [-0.2, -0.15) is 13.2 Å². The Bertz CT molecular complexity index is 329. The van der Waals surface area contributed by atoms with Gasteiger partial charge in [0.2, 0.25) is 5.88 Å². The van der Waals surface area contributed by atoms with Gasteiger partial charge in [-0.15, -0.1) is 0 Å². The molecule has 1 aromatic rings. The monoisotopic (exact) mass is 226 g/mol. The smallest absolute Gasteiger partial charge is 0.422 e. The Kier molecular flexibility index (Phi) is 3.15. The van der Waals surface area contributed by atoms with E-state index in [-0.39, 0.29) is 11.0 Å². The van der Waals surface area contributed by atoms with Crippen molar-refractivity contribution in [2.24, 2.45) is 0 Å². The van der Waals surface area contributed by atoms with E-state index in [9.17, 15) is 13.2 Å². The molecule has 0 aliphatic carbocycles. The van der Waals surface area contributed by atoms with E-state index in [1.807, 2.05) is 0 Å². The van der Waals surface area contributed by atoms with Crippen molar-refractivity contribution in [2.75, 3.05) is 6.61 Å². The zero-order valence-electron chi connectivity index (χ0n) is 7.10. The van der Waals surface area contributed by atoms with Crippen molar-refractivity contribution in [2.45, 2.75) is 13.1 Å². The minimum absolute atomic E-state index is 0.0807. The lowest BCUT2D eigenvalue weighted by Crippen LogP contribution is -2.20. The van der Waals surface area contributed by atoms with Crippen LogP contribution in [0.3, 0.4) is 0 Å². The van der Waals surface area contributed by atoms with Gasteiger partial charge in [0.1, 0.15) is 11.5 Å². The average Bonchev–Trinajstić information content (AvgIpc) is 2.06. The summed E-state index contributed by atoms with van der Waals surface area (Å²) in [6.45, 7) is 0.0925. The fourth-order valence-electron chi connectivity index (χ4n) is 0.710. The third-order valence-electron chi connectivity index (χ3n) is 1.35. The van der Waals surface area contributed by atoms with Gasteiger partial charge in [-0.3, -0.25) is 0 Å². The summed E-state index contributed by atoms with van der Waals surface area (Å²) in [4.78, 5) is 7.10. The highest BCUT2D eigenvalue weighted by Crippen LogP contribution is 2.22. The Morgan fingerprint density at radius 1 is 1.43 bits per heavy atom. The molecule has 0 unspecified atom stereocenters. The number of hydrogen-bond acceptors (Lipinski definition) is 3. The third kappa shape index (κ3) is 3.02. The van der Waals surface area contributed by atoms with Gasteiger partial charge in [-0.1, -0.05) is 11.6 Å². The molecule has 14 heavy (non-hydrogen) atoms. The van der Waals surface area contributed by atoms with Crippen LogP contribution in [0.25, 0.3) is 0 Å². The molecular weight excluding hydrogens is 221 g/mol. The lowest BCUT2D eigenvalue weighted by atomic mass is 10.4. The molecule has 0 fully saturated rings. The Balaban J connectivity index is 2.73. The Morgan fingerprint density at radius 3 is 2.64 bits per heavy atom. The van der Waals surface area contributed by atoms with Crippen LogP contribution in [0, 0.1) is 6.92 Å². The maximum atomic E-state index is 11.8. The van der Waals surface area contributed by atoms with E-state index < -0.39 is 12.8 Å².